The highest BCUT2D eigenvalue weighted by Gasteiger charge is 2.24. The summed E-state index contributed by atoms with van der Waals surface area (Å²) in [6, 6.07) is 5.49. The Morgan fingerprint density at radius 3 is 3.18 bits per heavy atom. The average Bonchev–Trinajstić information content (AvgIpc) is 2.39. The van der Waals surface area contributed by atoms with Crippen LogP contribution in [-0.2, 0) is 4.79 Å². The predicted molar refractivity (Wildman–Crippen MR) is 63.1 cm³/mol. The average molecular weight is 230 g/mol. The molecule has 88 valence electrons. The Hall–Kier alpha value is -2.09. The molecule has 2 heterocycles. The summed E-state index contributed by atoms with van der Waals surface area (Å²) in [5.41, 5.74) is 5.91. The van der Waals surface area contributed by atoms with Gasteiger partial charge >= 0.3 is 0 Å². The Kier molecular flexibility index (Phi) is 3.24. The molecule has 1 aliphatic rings. The van der Waals surface area contributed by atoms with Crippen LogP contribution >= 0.6 is 0 Å². The third kappa shape index (κ3) is 2.53. The molecular formula is C12H14N4O. The molecule has 1 aliphatic heterocycles. The molecule has 1 aromatic heterocycles. The lowest BCUT2D eigenvalue weighted by molar-refractivity contribution is -0.122. The van der Waals surface area contributed by atoms with Crippen molar-refractivity contribution in [2.24, 2.45) is 11.7 Å². The number of carbonyl (C=O) groups excluding carboxylic acids is 1. The molecule has 5 heteroatoms. The second kappa shape index (κ2) is 4.83. The molecule has 1 fully saturated rings. The molecule has 1 unspecified atom stereocenters. The SMILES string of the molecule is N#Cc1ccnc(N2CCCC(C(N)=O)C2)c1. The molecule has 5 nitrogen and oxygen atoms in total. The van der Waals surface area contributed by atoms with E-state index < -0.39 is 0 Å². The van der Waals surface area contributed by atoms with Crippen molar-refractivity contribution in [1.29, 1.82) is 5.26 Å². The van der Waals surface area contributed by atoms with Crippen LogP contribution in [0.4, 0.5) is 5.82 Å². The number of hydrogen-bond donors (Lipinski definition) is 1. The third-order valence-corrected chi connectivity index (χ3v) is 3.02. The highest BCUT2D eigenvalue weighted by molar-refractivity contribution is 5.77. The fourth-order valence-electron chi connectivity index (χ4n) is 2.08. The Balaban J connectivity index is 2.16. The van der Waals surface area contributed by atoms with E-state index in [0.717, 1.165) is 25.2 Å². The predicted octanol–water partition coefficient (Wildman–Crippen LogP) is 0.655. The minimum Gasteiger partial charge on any atom is -0.369 e. The van der Waals surface area contributed by atoms with Gasteiger partial charge in [0.05, 0.1) is 17.6 Å². The van der Waals surface area contributed by atoms with Gasteiger partial charge in [-0.1, -0.05) is 0 Å². The van der Waals surface area contributed by atoms with E-state index in [9.17, 15) is 4.79 Å². The van der Waals surface area contributed by atoms with Gasteiger partial charge in [-0.05, 0) is 25.0 Å². The van der Waals surface area contributed by atoms with Crippen LogP contribution in [0.15, 0.2) is 18.3 Å². The minimum atomic E-state index is -0.258. The van der Waals surface area contributed by atoms with Gasteiger partial charge in [0.1, 0.15) is 5.82 Å². The topological polar surface area (TPSA) is 83.0 Å². The molecular weight excluding hydrogens is 216 g/mol. The lowest BCUT2D eigenvalue weighted by atomic mass is 9.97. The van der Waals surface area contributed by atoms with Crippen molar-refractivity contribution in [3.05, 3.63) is 23.9 Å². The Labute approximate surface area is 99.9 Å². The van der Waals surface area contributed by atoms with Gasteiger partial charge in [-0.3, -0.25) is 4.79 Å². The minimum absolute atomic E-state index is 0.115. The largest absolute Gasteiger partial charge is 0.369 e. The zero-order chi connectivity index (χ0) is 12.3. The summed E-state index contributed by atoms with van der Waals surface area (Å²) < 4.78 is 0. The lowest BCUT2D eigenvalue weighted by Gasteiger charge is -2.32. The first-order valence-corrected chi connectivity index (χ1v) is 5.61. The summed E-state index contributed by atoms with van der Waals surface area (Å²) in [4.78, 5) is 17.4. The molecule has 0 spiro atoms. The maximum atomic E-state index is 11.2. The van der Waals surface area contributed by atoms with E-state index in [0.29, 0.717) is 12.1 Å². The quantitative estimate of drug-likeness (QED) is 0.808. The number of nitrogens with zero attached hydrogens (tertiary/aromatic N) is 3. The van der Waals surface area contributed by atoms with Crippen LogP contribution in [0.2, 0.25) is 0 Å². The summed E-state index contributed by atoms with van der Waals surface area (Å²) in [5.74, 6) is 0.373. The van der Waals surface area contributed by atoms with Crippen molar-refractivity contribution < 1.29 is 4.79 Å². The standard InChI is InChI=1S/C12H14N4O/c13-7-9-3-4-15-11(6-9)16-5-1-2-10(8-16)12(14)17/h3-4,6,10H,1-2,5,8H2,(H2,14,17). The molecule has 1 atom stereocenters. The maximum Gasteiger partial charge on any atom is 0.222 e. The lowest BCUT2D eigenvalue weighted by Crippen LogP contribution is -2.41. The summed E-state index contributed by atoms with van der Waals surface area (Å²) >= 11 is 0. The molecule has 1 saturated heterocycles. The van der Waals surface area contributed by atoms with E-state index in [1.165, 1.54) is 0 Å². The number of piperidine rings is 1. The zero-order valence-electron chi connectivity index (χ0n) is 9.47. The van der Waals surface area contributed by atoms with Gasteiger partial charge < -0.3 is 10.6 Å². The number of hydrogen-bond acceptors (Lipinski definition) is 4. The summed E-state index contributed by atoms with van der Waals surface area (Å²) in [6.45, 7) is 1.45. The van der Waals surface area contributed by atoms with Gasteiger partial charge in [0.15, 0.2) is 0 Å². The van der Waals surface area contributed by atoms with Crippen LogP contribution in [0.5, 0.6) is 0 Å². The number of aromatic nitrogens is 1. The highest BCUT2D eigenvalue weighted by atomic mass is 16.1. The summed E-state index contributed by atoms with van der Waals surface area (Å²) in [5, 5.41) is 8.83. The van der Waals surface area contributed by atoms with Crippen LogP contribution in [0.1, 0.15) is 18.4 Å². The van der Waals surface area contributed by atoms with Crippen molar-refractivity contribution in [3.63, 3.8) is 0 Å². The third-order valence-electron chi connectivity index (χ3n) is 3.02. The van der Waals surface area contributed by atoms with Crippen LogP contribution in [0.3, 0.4) is 0 Å². The molecule has 0 aliphatic carbocycles. The second-order valence-corrected chi connectivity index (χ2v) is 4.20. The van der Waals surface area contributed by atoms with Crippen molar-refractivity contribution in [2.45, 2.75) is 12.8 Å². The second-order valence-electron chi connectivity index (χ2n) is 4.20. The van der Waals surface area contributed by atoms with E-state index in [-0.39, 0.29) is 11.8 Å². The molecule has 1 amide bonds. The monoisotopic (exact) mass is 230 g/mol. The first-order chi connectivity index (χ1) is 8.20. The van der Waals surface area contributed by atoms with Crippen LogP contribution in [0.25, 0.3) is 0 Å². The van der Waals surface area contributed by atoms with E-state index in [1.54, 1.807) is 18.3 Å². The van der Waals surface area contributed by atoms with Crippen molar-refractivity contribution >= 4 is 11.7 Å². The molecule has 2 N–H and O–H groups in total. The number of primary amides is 1. The van der Waals surface area contributed by atoms with Gasteiger partial charge in [0.2, 0.25) is 5.91 Å². The van der Waals surface area contributed by atoms with Gasteiger partial charge in [0, 0.05) is 19.3 Å². The molecule has 0 aromatic carbocycles. The Morgan fingerprint density at radius 2 is 2.47 bits per heavy atom. The Bertz CT molecular complexity index is 466. The smallest absolute Gasteiger partial charge is 0.222 e. The molecule has 17 heavy (non-hydrogen) atoms. The number of carbonyl (C=O) groups is 1. The fraction of sp³-hybridized carbons (Fsp3) is 0.417. The number of nitrogens with two attached hydrogens (primary N) is 1. The first kappa shape index (κ1) is 11.4. The Morgan fingerprint density at radius 1 is 1.65 bits per heavy atom. The molecule has 0 saturated carbocycles. The highest BCUT2D eigenvalue weighted by Crippen LogP contribution is 2.21. The van der Waals surface area contributed by atoms with E-state index in [4.69, 9.17) is 11.0 Å². The number of nitriles is 1. The fourth-order valence-corrected chi connectivity index (χ4v) is 2.08. The van der Waals surface area contributed by atoms with Crippen LogP contribution in [-0.4, -0.2) is 24.0 Å². The summed E-state index contributed by atoms with van der Waals surface area (Å²) in [6.07, 6.45) is 3.37. The van der Waals surface area contributed by atoms with Crippen LogP contribution < -0.4 is 10.6 Å². The zero-order valence-corrected chi connectivity index (χ0v) is 9.47. The normalized spacial score (nSPS) is 19.7. The molecule has 1 aromatic rings. The molecule has 2 rings (SSSR count). The van der Waals surface area contributed by atoms with E-state index in [1.807, 2.05) is 4.90 Å². The van der Waals surface area contributed by atoms with Gasteiger partial charge in [-0.2, -0.15) is 5.26 Å². The van der Waals surface area contributed by atoms with Gasteiger partial charge in [0.25, 0.3) is 0 Å². The summed E-state index contributed by atoms with van der Waals surface area (Å²) in [7, 11) is 0. The maximum absolute atomic E-state index is 11.2. The number of anilines is 1. The van der Waals surface area contributed by atoms with E-state index >= 15 is 0 Å². The van der Waals surface area contributed by atoms with Crippen molar-refractivity contribution in [1.82, 2.24) is 4.98 Å². The van der Waals surface area contributed by atoms with Crippen LogP contribution in [0, 0.1) is 17.2 Å². The van der Waals surface area contributed by atoms with E-state index in [2.05, 4.69) is 11.1 Å². The van der Waals surface area contributed by atoms with Gasteiger partial charge in [-0.15, -0.1) is 0 Å². The van der Waals surface area contributed by atoms with Crippen molar-refractivity contribution in [3.8, 4) is 6.07 Å². The number of pyridine rings is 1. The number of amides is 1. The van der Waals surface area contributed by atoms with Crippen molar-refractivity contribution in [2.75, 3.05) is 18.0 Å². The van der Waals surface area contributed by atoms with Gasteiger partial charge in [-0.25, -0.2) is 4.98 Å². The first-order valence-electron chi connectivity index (χ1n) is 5.61. The molecule has 0 bridgehead atoms. The molecule has 0 radical (unpaired) electrons. The number of rotatable bonds is 2.